The van der Waals surface area contributed by atoms with Gasteiger partial charge in [0.25, 0.3) is 5.91 Å². The zero-order valence-corrected chi connectivity index (χ0v) is 11.6. The van der Waals surface area contributed by atoms with E-state index < -0.39 is 0 Å². The summed E-state index contributed by atoms with van der Waals surface area (Å²) in [4.78, 5) is 12.0. The molecule has 0 saturated heterocycles. The Labute approximate surface area is 119 Å². The highest BCUT2D eigenvalue weighted by Crippen LogP contribution is 2.18. The first kappa shape index (κ1) is 14.3. The molecule has 4 heteroatoms. The fraction of sp³-hybridized carbons (Fsp3) is 0.312. The molecule has 1 atom stereocenters. The molecule has 0 spiro atoms. The molecule has 4 nitrogen and oxygen atoms in total. The average molecular weight is 272 g/mol. The Morgan fingerprint density at radius 3 is 2.70 bits per heavy atom. The Bertz CT molecular complexity index is 549. The van der Waals surface area contributed by atoms with Crippen LogP contribution in [0.3, 0.4) is 0 Å². The second kappa shape index (κ2) is 6.91. The van der Waals surface area contributed by atoms with E-state index in [0.29, 0.717) is 30.3 Å². The summed E-state index contributed by atoms with van der Waals surface area (Å²) in [6.45, 7) is 3.03. The average Bonchev–Trinajstić information content (AvgIpc) is 2.98. The molecule has 3 N–H and O–H groups in total. The van der Waals surface area contributed by atoms with Crippen LogP contribution in [0.5, 0.6) is 0 Å². The molecule has 1 aromatic heterocycles. The lowest BCUT2D eigenvalue weighted by molar-refractivity contribution is 0.0950. The van der Waals surface area contributed by atoms with Gasteiger partial charge in [-0.25, -0.2) is 0 Å². The molecule has 0 radical (unpaired) electrons. The summed E-state index contributed by atoms with van der Waals surface area (Å²) >= 11 is 0. The van der Waals surface area contributed by atoms with Gasteiger partial charge in [-0.1, -0.05) is 37.3 Å². The highest BCUT2D eigenvalue weighted by Gasteiger charge is 2.13. The van der Waals surface area contributed by atoms with Gasteiger partial charge >= 0.3 is 0 Å². The van der Waals surface area contributed by atoms with Gasteiger partial charge in [-0.2, -0.15) is 0 Å². The van der Waals surface area contributed by atoms with E-state index in [9.17, 15) is 4.79 Å². The topological polar surface area (TPSA) is 68.3 Å². The lowest BCUT2D eigenvalue weighted by Crippen LogP contribution is -2.28. The third kappa shape index (κ3) is 3.48. The SMILES string of the molecule is CCC(CNC(=O)c1coc(CN)c1)c1ccccc1. The second-order valence-electron chi connectivity index (χ2n) is 4.73. The van der Waals surface area contributed by atoms with E-state index in [2.05, 4.69) is 24.4 Å². The summed E-state index contributed by atoms with van der Waals surface area (Å²) < 4.78 is 5.17. The van der Waals surface area contributed by atoms with Gasteiger partial charge in [-0.15, -0.1) is 0 Å². The molecule has 2 aromatic rings. The number of hydrogen-bond donors (Lipinski definition) is 2. The zero-order valence-electron chi connectivity index (χ0n) is 11.6. The lowest BCUT2D eigenvalue weighted by atomic mass is 9.96. The smallest absolute Gasteiger partial charge is 0.254 e. The first-order chi connectivity index (χ1) is 9.74. The quantitative estimate of drug-likeness (QED) is 0.849. The van der Waals surface area contributed by atoms with Gasteiger partial charge < -0.3 is 15.5 Å². The van der Waals surface area contributed by atoms with Crippen LogP contribution in [0.1, 0.15) is 40.9 Å². The third-order valence-corrected chi connectivity index (χ3v) is 3.39. The summed E-state index contributed by atoms with van der Waals surface area (Å²) in [5.41, 5.74) is 7.22. The molecule has 0 saturated carbocycles. The van der Waals surface area contributed by atoms with Gasteiger partial charge in [-0.05, 0) is 18.1 Å². The molecule has 0 aliphatic rings. The summed E-state index contributed by atoms with van der Waals surface area (Å²) in [6.07, 6.45) is 2.42. The van der Waals surface area contributed by atoms with E-state index in [-0.39, 0.29) is 5.91 Å². The van der Waals surface area contributed by atoms with Crippen molar-refractivity contribution >= 4 is 5.91 Å². The molecule has 20 heavy (non-hydrogen) atoms. The van der Waals surface area contributed by atoms with Crippen molar-refractivity contribution in [1.82, 2.24) is 5.32 Å². The van der Waals surface area contributed by atoms with Crippen molar-refractivity contribution in [3.8, 4) is 0 Å². The van der Waals surface area contributed by atoms with Crippen LogP contribution in [0.4, 0.5) is 0 Å². The molecule has 106 valence electrons. The summed E-state index contributed by atoms with van der Waals surface area (Å²) in [6, 6.07) is 11.9. The normalized spacial score (nSPS) is 12.1. The molecule has 0 bridgehead atoms. The van der Waals surface area contributed by atoms with Crippen LogP contribution in [0.25, 0.3) is 0 Å². The Balaban J connectivity index is 1.95. The minimum Gasteiger partial charge on any atom is -0.467 e. The lowest BCUT2D eigenvalue weighted by Gasteiger charge is -2.15. The van der Waals surface area contributed by atoms with Gasteiger partial charge in [-0.3, -0.25) is 4.79 Å². The monoisotopic (exact) mass is 272 g/mol. The van der Waals surface area contributed by atoms with E-state index in [0.717, 1.165) is 6.42 Å². The number of amides is 1. The zero-order chi connectivity index (χ0) is 14.4. The summed E-state index contributed by atoms with van der Waals surface area (Å²) in [5.74, 6) is 0.814. The maximum absolute atomic E-state index is 12.0. The number of hydrogen-bond acceptors (Lipinski definition) is 3. The molecule has 1 amide bonds. The van der Waals surface area contributed by atoms with E-state index in [1.165, 1.54) is 11.8 Å². The molecule has 1 aromatic carbocycles. The van der Waals surface area contributed by atoms with Crippen molar-refractivity contribution in [2.75, 3.05) is 6.54 Å². The van der Waals surface area contributed by atoms with Crippen molar-refractivity contribution in [2.24, 2.45) is 5.73 Å². The number of rotatable bonds is 6. The van der Waals surface area contributed by atoms with Gasteiger partial charge in [0.15, 0.2) is 0 Å². The van der Waals surface area contributed by atoms with Crippen LogP contribution in [-0.2, 0) is 6.54 Å². The first-order valence-corrected chi connectivity index (χ1v) is 6.85. The van der Waals surface area contributed by atoms with Crippen LogP contribution < -0.4 is 11.1 Å². The second-order valence-corrected chi connectivity index (χ2v) is 4.73. The number of carbonyl (C=O) groups is 1. The number of nitrogens with two attached hydrogens (primary N) is 1. The fourth-order valence-electron chi connectivity index (χ4n) is 2.15. The van der Waals surface area contributed by atoms with Crippen LogP contribution in [-0.4, -0.2) is 12.5 Å². The highest BCUT2D eigenvalue weighted by molar-refractivity contribution is 5.94. The van der Waals surface area contributed by atoms with Crippen molar-refractivity contribution in [2.45, 2.75) is 25.8 Å². The molecular weight excluding hydrogens is 252 g/mol. The predicted octanol–water partition coefficient (Wildman–Crippen LogP) is 2.66. The Kier molecular flexibility index (Phi) is 4.96. The van der Waals surface area contributed by atoms with Crippen LogP contribution in [0.2, 0.25) is 0 Å². The highest BCUT2D eigenvalue weighted by atomic mass is 16.3. The Morgan fingerprint density at radius 1 is 1.35 bits per heavy atom. The van der Waals surface area contributed by atoms with Crippen molar-refractivity contribution in [3.05, 3.63) is 59.5 Å². The summed E-state index contributed by atoms with van der Waals surface area (Å²) in [5, 5.41) is 2.95. The molecule has 0 aliphatic carbocycles. The van der Waals surface area contributed by atoms with Crippen LogP contribution in [0, 0.1) is 0 Å². The van der Waals surface area contributed by atoms with Crippen molar-refractivity contribution in [3.63, 3.8) is 0 Å². The number of carbonyl (C=O) groups excluding carboxylic acids is 1. The van der Waals surface area contributed by atoms with Gasteiger partial charge in [0, 0.05) is 12.5 Å². The minimum atomic E-state index is -0.122. The Hall–Kier alpha value is -2.07. The maximum atomic E-state index is 12.0. The molecular formula is C16H20N2O2. The Morgan fingerprint density at radius 2 is 2.10 bits per heavy atom. The molecule has 1 unspecified atom stereocenters. The van der Waals surface area contributed by atoms with Gasteiger partial charge in [0.1, 0.15) is 12.0 Å². The molecule has 0 fully saturated rings. The predicted molar refractivity (Wildman–Crippen MR) is 78.4 cm³/mol. The molecule has 0 aliphatic heterocycles. The third-order valence-electron chi connectivity index (χ3n) is 3.39. The maximum Gasteiger partial charge on any atom is 0.254 e. The van der Waals surface area contributed by atoms with E-state index in [1.807, 2.05) is 18.2 Å². The molecule has 1 heterocycles. The number of benzene rings is 1. The van der Waals surface area contributed by atoms with Crippen LogP contribution in [0.15, 0.2) is 47.1 Å². The number of nitrogens with one attached hydrogen (secondary N) is 1. The largest absolute Gasteiger partial charge is 0.467 e. The standard InChI is InChI=1S/C16H20N2O2/c1-2-12(13-6-4-3-5-7-13)10-18-16(19)14-8-15(9-17)20-11-14/h3-8,11-12H,2,9-10,17H2,1H3,(H,18,19). The summed E-state index contributed by atoms with van der Waals surface area (Å²) in [7, 11) is 0. The van der Waals surface area contributed by atoms with Crippen molar-refractivity contribution in [1.29, 1.82) is 0 Å². The van der Waals surface area contributed by atoms with Crippen LogP contribution >= 0.6 is 0 Å². The fourth-order valence-corrected chi connectivity index (χ4v) is 2.15. The first-order valence-electron chi connectivity index (χ1n) is 6.85. The van der Waals surface area contributed by atoms with Gasteiger partial charge in [0.2, 0.25) is 0 Å². The number of furan rings is 1. The van der Waals surface area contributed by atoms with Crippen molar-refractivity contribution < 1.29 is 9.21 Å². The molecule has 2 rings (SSSR count). The van der Waals surface area contributed by atoms with Gasteiger partial charge in [0.05, 0.1) is 12.1 Å². The van der Waals surface area contributed by atoms with E-state index in [4.69, 9.17) is 10.2 Å². The minimum absolute atomic E-state index is 0.122. The van der Waals surface area contributed by atoms with E-state index in [1.54, 1.807) is 6.07 Å². The van der Waals surface area contributed by atoms with E-state index >= 15 is 0 Å².